The van der Waals surface area contributed by atoms with Gasteiger partial charge in [0.1, 0.15) is 5.82 Å². The number of morpholine rings is 1. The zero-order valence-electron chi connectivity index (χ0n) is 12.9. The van der Waals surface area contributed by atoms with Crippen molar-refractivity contribution in [1.29, 1.82) is 0 Å². The number of aryl methyl sites for hydroxylation is 1. The summed E-state index contributed by atoms with van der Waals surface area (Å²) in [4.78, 5) is 24.6. The highest BCUT2D eigenvalue weighted by Gasteiger charge is 2.28. The van der Waals surface area contributed by atoms with Gasteiger partial charge in [0, 0.05) is 31.4 Å². The second kappa shape index (κ2) is 6.48. The minimum atomic E-state index is -0.922. The summed E-state index contributed by atoms with van der Waals surface area (Å²) in [6, 6.07) is 1.96. The van der Waals surface area contributed by atoms with E-state index in [1.54, 1.807) is 0 Å². The molecule has 0 saturated carbocycles. The molecule has 7 nitrogen and oxygen atoms in total. The Morgan fingerprint density at radius 3 is 2.77 bits per heavy atom. The summed E-state index contributed by atoms with van der Waals surface area (Å²) in [5.41, 5.74) is 0.991. The molecule has 0 spiro atoms. The first-order valence-electron chi connectivity index (χ1n) is 7.89. The van der Waals surface area contributed by atoms with Gasteiger partial charge in [0.2, 0.25) is 5.95 Å². The number of carboxylic acids is 1. The van der Waals surface area contributed by atoms with E-state index in [0.717, 1.165) is 37.0 Å². The molecule has 3 rings (SSSR count). The Balaban J connectivity index is 1.85. The molecule has 7 heteroatoms. The number of ether oxygens (including phenoxy) is 1. The van der Waals surface area contributed by atoms with E-state index in [1.165, 1.54) is 12.8 Å². The average Bonchev–Trinajstić information content (AvgIpc) is 3.09. The normalized spacial score (nSPS) is 22.1. The molecule has 0 amide bonds. The highest BCUT2D eigenvalue weighted by molar-refractivity contribution is 5.73. The number of carboxylic acid groups (broad SMARTS) is 1. The van der Waals surface area contributed by atoms with Crippen LogP contribution in [0.2, 0.25) is 0 Å². The van der Waals surface area contributed by atoms with Gasteiger partial charge in [0.15, 0.2) is 6.10 Å². The Morgan fingerprint density at radius 1 is 1.32 bits per heavy atom. The molecule has 2 aliphatic rings. The van der Waals surface area contributed by atoms with Crippen LogP contribution in [0.3, 0.4) is 0 Å². The van der Waals surface area contributed by atoms with Gasteiger partial charge in [-0.05, 0) is 19.3 Å². The quantitative estimate of drug-likeness (QED) is 0.886. The summed E-state index contributed by atoms with van der Waals surface area (Å²) < 4.78 is 5.28. The van der Waals surface area contributed by atoms with E-state index in [0.29, 0.717) is 19.7 Å². The van der Waals surface area contributed by atoms with Gasteiger partial charge in [-0.3, -0.25) is 0 Å². The second-order valence-corrected chi connectivity index (χ2v) is 5.71. The van der Waals surface area contributed by atoms with Crippen LogP contribution in [0, 0.1) is 0 Å². The van der Waals surface area contributed by atoms with Crippen molar-refractivity contribution in [3.05, 3.63) is 11.8 Å². The highest BCUT2D eigenvalue weighted by atomic mass is 16.5. The number of hydrogen-bond acceptors (Lipinski definition) is 6. The van der Waals surface area contributed by atoms with Crippen LogP contribution in [0.25, 0.3) is 0 Å². The first-order chi connectivity index (χ1) is 10.7. The van der Waals surface area contributed by atoms with Crippen molar-refractivity contribution in [2.24, 2.45) is 0 Å². The monoisotopic (exact) mass is 306 g/mol. The van der Waals surface area contributed by atoms with Crippen LogP contribution in [0.5, 0.6) is 0 Å². The lowest BCUT2D eigenvalue weighted by atomic mass is 10.2. The van der Waals surface area contributed by atoms with Gasteiger partial charge in [0.25, 0.3) is 0 Å². The summed E-state index contributed by atoms with van der Waals surface area (Å²) in [6.45, 7) is 5.44. The first-order valence-corrected chi connectivity index (χ1v) is 7.89. The summed E-state index contributed by atoms with van der Waals surface area (Å²) in [7, 11) is 0. The molecule has 2 saturated heterocycles. The molecule has 1 unspecified atom stereocenters. The molecule has 1 aromatic heterocycles. The zero-order chi connectivity index (χ0) is 15.5. The lowest BCUT2D eigenvalue weighted by molar-refractivity contribution is -0.150. The van der Waals surface area contributed by atoms with Gasteiger partial charge in [-0.15, -0.1) is 0 Å². The fraction of sp³-hybridized carbons (Fsp3) is 0.667. The number of rotatable bonds is 4. The summed E-state index contributed by atoms with van der Waals surface area (Å²) in [5.74, 6) is 0.655. The number of aliphatic carboxylic acids is 1. The van der Waals surface area contributed by atoms with Crippen molar-refractivity contribution >= 4 is 17.7 Å². The standard InChI is InChI=1S/C15H22N4O3/c1-2-11-9-13(17-15(16-11)18-5-3-4-6-18)19-7-8-22-12(10-19)14(20)21/h9,12H,2-8,10H2,1H3,(H,20,21). The topological polar surface area (TPSA) is 78.8 Å². The van der Waals surface area contributed by atoms with Gasteiger partial charge in [-0.1, -0.05) is 6.92 Å². The van der Waals surface area contributed by atoms with Gasteiger partial charge in [-0.25, -0.2) is 9.78 Å². The van der Waals surface area contributed by atoms with E-state index < -0.39 is 12.1 Å². The number of hydrogen-bond donors (Lipinski definition) is 1. The molecule has 2 fully saturated rings. The second-order valence-electron chi connectivity index (χ2n) is 5.71. The number of anilines is 2. The van der Waals surface area contributed by atoms with Crippen molar-refractivity contribution in [1.82, 2.24) is 9.97 Å². The Morgan fingerprint density at radius 2 is 2.09 bits per heavy atom. The van der Waals surface area contributed by atoms with E-state index >= 15 is 0 Å². The minimum Gasteiger partial charge on any atom is -0.479 e. The maximum atomic E-state index is 11.1. The van der Waals surface area contributed by atoms with Crippen molar-refractivity contribution in [3.63, 3.8) is 0 Å². The molecule has 0 aliphatic carbocycles. The molecule has 22 heavy (non-hydrogen) atoms. The van der Waals surface area contributed by atoms with E-state index in [4.69, 9.17) is 9.84 Å². The maximum absolute atomic E-state index is 11.1. The van der Waals surface area contributed by atoms with E-state index in [-0.39, 0.29) is 0 Å². The smallest absolute Gasteiger partial charge is 0.334 e. The van der Waals surface area contributed by atoms with Crippen LogP contribution < -0.4 is 9.80 Å². The lowest BCUT2D eigenvalue weighted by Crippen LogP contribution is -2.46. The molecule has 0 radical (unpaired) electrons. The fourth-order valence-electron chi connectivity index (χ4n) is 2.88. The summed E-state index contributed by atoms with van der Waals surface area (Å²) >= 11 is 0. The molecular weight excluding hydrogens is 284 g/mol. The van der Waals surface area contributed by atoms with Gasteiger partial charge in [0.05, 0.1) is 13.2 Å². The Hall–Kier alpha value is -1.89. The SMILES string of the molecule is CCc1cc(N2CCOC(C(=O)O)C2)nc(N2CCCC2)n1. The third-order valence-corrected chi connectivity index (χ3v) is 4.17. The first kappa shape index (κ1) is 15.0. The van der Waals surface area contributed by atoms with Crippen molar-refractivity contribution in [3.8, 4) is 0 Å². The molecular formula is C15H22N4O3. The summed E-state index contributed by atoms with van der Waals surface area (Å²) in [6.07, 6.45) is 2.40. The zero-order valence-corrected chi connectivity index (χ0v) is 12.9. The molecule has 1 atom stereocenters. The maximum Gasteiger partial charge on any atom is 0.334 e. The minimum absolute atomic E-state index is 0.328. The molecule has 1 aromatic rings. The highest BCUT2D eigenvalue weighted by Crippen LogP contribution is 2.22. The van der Waals surface area contributed by atoms with Crippen LogP contribution in [-0.2, 0) is 16.0 Å². The molecule has 0 aromatic carbocycles. The fourth-order valence-corrected chi connectivity index (χ4v) is 2.88. The number of carbonyl (C=O) groups is 1. The lowest BCUT2D eigenvalue weighted by Gasteiger charge is -2.32. The van der Waals surface area contributed by atoms with Gasteiger partial charge >= 0.3 is 5.97 Å². The molecule has 2 aliphatic heterocycles. The number of aromatic nitrogens is 2. The van der Waals surface area contributed by atoms with Crippen LogP contribution in [0.15, 0.2) is 6.07 Å². The molecule has 0 bridgehead atoms. The molecule has 120 valence electrons. The van der Waals surface area contributed by atoms with Crippen LogP contribution >= 0.6 is 0 Å². The Bertz CT molecular complexity index is 546. The van der Waals surface area contributed by atoms with Crippen molar-refractivity contribution in [2.75, 3.05) is 42.6 Å². The Kier molecular flexibility index (Phi) is 4.42. The third-order valence-electron chi connectivity index (χ3n) is 4.17. The molecule has 3 heterocycles. The van der Waals surface area contributed by atoms with E-state index in [2.05, 4.69) is 21.8 Å². The van der Waals surface area contributed by atoms with Crippen LogP contribution in [0.1, 0.15) is 25.5 Å². The summed E-state index contributed by atoms with van der Waals surface area (Å²) in [5, 5.41) is 9.14. The van der Waals surface area contributed by atoms with Crippen molar-refractivity contribution in [2.45, 2.75) is 32.3 Å². The van der Waals surface area contributed by atoms with E-state index in [9.17, 15) is 4.79 Å². The van der Waals surface area contributed by atoms with Gasteiger partial charge < -0.3 is 19.6 Å². The average molecular weight is 306 g/mol. The number of nitrogens with zero attached hydrogens (tertiary/aromatic N) is 4. The predicted octanol–water partition coefficient (Wildman–Crippen LogP) is 0.929. The largest absolute Gasteiger partial charge is 0.479 e. The van der Waals surface area contributed by atoms with Crippen LogP contribution in [0.4, 0.5) is 11.8 Å². The van der Waals surface area contributed by atoms with Gasteiger partial charge in [-0.2, -0.15) is 4.98 Å². The predicted molar refractivity (Wildman–Crippen MR) is 82.4 cm³/mol. The van der Waals surface area contributed by atoms with Crippen LogP contribution in [-0.4, -0.2) is 59.9 Å². The van der Waals surface area contributed by atoms with E-state index in [1.807, 2.05) is 11.0 Å². The Labute approximate surface area is 129 Å². The molecule has 1 N–H and O–H groups in total. The van der Waals surface area contributed by atoms with Crippen molar-refractivity contribution < 1.29 is 14.6 Å². The third kappa shape index (κ3) is 3.14.